The van der Waals surface area contributed by atoms with Crippen LogP contribution in [0.25, 0.3) is 0 Å². The molecule has 3 rings (SSSR count). The number of likely N-dealkylation sites (N-methyl/N-ethyl adjacent to an activating group) is 1. The van der Waals surface area contributed by atoms with Gasteiger partial charge in [0.15, 0.2) is 0 Å². The zero-order chi connectivity index (χ0) is 26.9. The maximum absolute atomic E-state index is 13.5. The summed E-state index contributed by atoms with van der Waals surface area (Å²) in [4.78, 5) is 63.5. The Morgan fingerprint density at radius 3 is 2.54 bits per heavy atom. The van der Waals surface area contributed by atoms with Crippen molar-refractivity contribution in [3.05, 3.63) is 35.4 Å². The van der Waals surface area contributed by atoms with Gasteiger partial charge in [-0.05, 0) is 57.7 Å². The van der Waals surface area contributed by atoms with Crippen molar-refractivity contribution < 1.29 is 28.7 Å². The molecule has 2 saturated heterocycles. The van der Waals surface area contributed by atoms with Crippen molar-refractivity contribution in [1.29, 1.82) is 0 Å². The lowest BCUT2D eigenvalue weighted by Gasteiger charge is -2.35. The Labute approximate surface area is 217 Å². The zero-order valence-corrected chi connectivity index (χ0v) is 21.9. The summed E-state index contributed by atoms with van der Waals surface area (Å²) >= 11 is 0. The number of rotatable bonds is 10. The van der Waals surface area contributed by atoms with Crippen LogP contribution in [0.2, 0.25) is 0 Å². The van der Waals surface area contributed by atoms with Crippen molar-refractivity contribution in [3.8, 4) is 0 Å². The van der Waals surface area contributed by atoms with Gasteiger partial charge in [0, 0.05) is 12.6 Å². The first kappa shape index (κ1) is 28.3. The SMILES string of the molecule is CN[C@@H](C)C(=O)N[C@H]1CCCCC2CC[C@@H](C(=O)NCc3cccc(COC(=O)CC(C)=O)c3)N2C1=O. The molecule has 2 aliphatic rings. The molecule has 0 bridgehead atoms. The summed E-state index contributed by atoms with van der Waals surface area (Å²) in [6.45, 7) is 3.37. The summed E-state index contributed by atoms with van der Waals surface area (Å²) in [6, 6.07) is 5.66. The minimum absolute atomic E-state index is 0.00214. The smallest absolute Gasteiger partial charge is 0.313 e. The molecule has 2 heterocycles. The number of ether oxygens (including phenoxy) is 1. The second-order valence-corrected chi connectivity index (χ2v) is 9.93. The lowest BCUT2D eigenvalue weighted by Crippen LogP contribution is -2.57. The number of esters is 1. The topological polar surface area (TPSA) is 134 Å². The van der Waals surface area contributed by atoms with E-state index in [1.165, 1.54) is 6.92 Å². The predicted octanol–water partition coefficient (Wildman–Crippen LogP) is 1.35. The largest absolute Gasteiger partial charge is 0.460 e. The van der Waals surface area contributed by atoms with Gasteiger partial charge in [0.2, 0.25) is 17.7 Å². The second-order valence-electron chi connectivity index (χ2n) is 9.93. The van der Waals surface area contributed by atoms with Crippen LogP contribution in [0, 0.1) is 0 Å². The Morgan fingerprint density at radius 1 is 1.08 bits per heavy atom. The summed E-state index contributed by atoms with van der Waals surface area (Å²) in [5.74, 6) is -1.47. The fourth-order valence-electron chi connectivity index (χ4n) is 4.91. The normalized spacial score (nSPS) is 22.3. The average molecular weight is 515 g/mol. The van der Waals surface area contributed by atoms with Gasteiger partial charge in [-0.15, -0.1) is 0 Å². The molecule has 10 heteroatoms. The van der Waals surface area contributed by atoms with Gasteiger partial charge in [-0.1, -0.05) is 37.1 Å². The summed E-state index contributed by atoms with van der Waals surface area (Å²) in [5, 5.41) is 8.71. The highest BCUT2D eigenvalue weighted by atomic mass is 16.5. The molecule has 1 unspecified atom stereocenters. The van der Waals surface area contributed by atoms with Crippen molar-refractivity contribution in [3.63, 3.8) is 0 Å². The van der Waals surface area contributed by atoms with Crippen LogP contribution in [0.1, 0.15) is 69.9 Å². The number of carbonyl (C=O) groups is 5. The number of fused-ring (bicyclic) bond motifs is 1. The Kier molecular flexibility index (Phi) is 10.2. The van der Waals surface area contributed by atoms with Crippen LogP contribution in [0.5, 0.6) is 0 Å². The monoisotopic (exact) mass is 514 g/mol. The fraction of sp³-hybridized carbons (Fsp3) is 0.593. The van der Waals surface area contributed by atoms with Crippen molar-refractivity contribution in [2.75, 3.05) is 7.05 Å². The molecule has 3 N–H and O–H groups in total. The van der Waals surface area contributed by atoms with Crippen molar-refractivity contribution >= 4 is 29.5 Å². The lowest BCUT2D eigenvalue weighted by molar-refractivity contribution is -0.147. The number of ketones is 1. The first-order valence-corrected chi connectivity index (χ1v) is 13.0. The number of benzene rings is 1. The van der Waals surface area contributed by atoms with Gasteiger partial charge >= 0.3 is 5.97 Å². The molecule has 202 valence electrons. The number of amides is 3. The second kappa shape index (κ2) is 13.3. The van der Waals surface area contributed by atoms with Crippen LogP contribution in [-0.2, 0) is 41.9 Å². The number of hydrogen-bond donors (Lipinski definition) is 3. The maximum Gasteiger partial charge on any atom is 0.313 e. The van der Waals surface area contributed by atoms with E-state index >= 15 is 0 Å². The summed E-state index contributed by atoms with van der Waals surface area (Å²) < 4.78 is 5.13. The molecule has 0 radical (unpaired) electrons. The third-order valence-electron chi connectivity index (χ3n) is 7.03. The van der Waals surface area contributed by atoms with Gasteiger partial charge in [-0.2, -0.15) is 0 Å². The molecule has 0 aromatic heterocycles. The standard InChI is InChI=1S/C27H38N4O6/c1-17(32)13-24(33)37-16-20-8-6-7-19(14-20)15-29-26(35)23-12-11-21-9-4-5-10-22(27(36)31(21)23)30-25(34)18(2)28-3/h6-8,14,18,21-23,28H,4-5,9-13,15-16H2,1-3H3,(H,29,35)(H,30,34)/t18-,21?,22-,23-/m0/s1. The van der Waals surface area contributed by atoms with Crippen LogP contribution in [0.3, 0.4) is 0 Å². The molecule has 1 aromatic rings. The molecule has 2 fully saturated rings. The fourth-order valence-corrected chi connectivity index (χ4v) is 4.91. The molecular formula is C27H38N4O6. The van der Waals surface area contributed by atoms with Crippen LogP contribution in [0.4, 0.5) is 0 Å². The molecule has 0 spiro atoms. The molecule has 1 aromatic carbocycles. The lowest BCUT2D eigenvalue weighted by atomic mass is 9.98. The number of hydrogen-bond acceptors (Lipinski definition) is 7. The van der Waals surface area contributed by atoms with E-state index in [0.717, 1.165) is 36.8 Å². The van der Waals surface area contributed by atoms with E-state index in [1.54, 1.807) is 24.9 Å². The predicted molar refractivity (Wildman–Crippen MR) is 136 cm³/mol. The van der Waals surface area contributed by atoms with E-state index in [-0.39, 0.29) is 49.1 Å². The summed E-state index contributed by atoms with van der Waals surface area (Å²) in [5.41, 5.74) is 1.58. The summed E-state index contributed by atoms with van der Waals surface area (Å²) in [7, 11) is 1.69. The highest BCUT2D eigenvalue weighted by Crippen LogP contribution is 2.31. The quantitative estimate of drug-likeness (QED) is 0.317. The molecule has 37 heavy (non-hydrogen) atoms. The van der Waals surface area contributed by atoms with Crippen molar-refractivity contribution in [1.82, 2.24) is 20.9 Å². The molecule has 2 aliphatic heterocycles. The third-order valence-corrected chi connectivity index (χ3v) is 7.03. The van der Waals surface area contributed by atoms with E-state index in [2.05, 4.69) is 16.0 Å². The highest BCUT2D eigenvalue weighted by Gasteiger charge is 2.43. The minimum atomic E-state index is -0.637. The molecule has 0 saturated carbocycles. The molecule has 10 nitrogen and oxygen atoms in total. The van der Waals surface area contributed by atoms with Gasteiger partial charge in [-0.3, -0.25) is 24.0 Å². The first-order chi connectivity index (χ1) is 17.7. The first-order valence-electron chi connectivity index (χ1n) is 13.0. The number of carbonyl (C=O) groups excluding carboxylic acids is 5. The van der Waals surface area contributed by atoms with Gasteiger partial charge < -0.3 is 25.6 Å². The van der Waals surface area contributed by atoms with Crippen LogP contribution >= 0.6 is 0 Å². The minimum Gasteiger partial charge on any atom is -0.460 e. The molecule has 3 amide bonds. The Balaban J connectivity index is 1.61. The summed E-state index contributed by atoms with van der Waals surface area (Å²) in [6.07, 6.45) is 4.30. The number of nitrogens with one attached hydrogen (secondary N) is 3. The molecule has 4 atom stereocenters. The van der Waals surface area contributed by atoms with Gasteiger partial charge in [0.25, 0.3) is 0 Å². The number of Topliss-reactive ketones (excluding diaryl/α,β-unsaturated/α-hetero) is 1. The zero-order valence-electron chi connectivity index (χ0n) is 21.9. The van der Waals surface area contributed by atoms with Crippen LogP contribution in [-0.4, -0.2) is 65.6 Å². The van der Waals surface area contributed by atoms with Gasteiger partial charge in [0.05, 0.1) is 6.04 Å². The van der Waals surface area contributed by atoms with E-state index in [4.69, 9.17) is 4.74 Å². The van der Waals surface area contributed by atoms with Crippen LogP contribution < -0.4 is 16.0 Å². The van der Waals surface area contributed by atoms with Crippen molar-refractivity contribution in [2.24, 2.45) is 0 Å². The third kappa shape index (κ3) is 7.85. The van der Waals surface area contributed by atoms with E-state index in [9.17, 15) is 24.0 Å². The molecular weight excluding hydrogens is 476 g/mol. The van der Waals surface area contributed by atoms with E-state index in [1.807, 2.05) is 18.2 Å². The Bertz CT molecular complexity index is 1010. The van der Waals surface area contributed by atoms with Gasteiger partial charge in [0.1, 0.15) is 30.9 Å². The maximum atomic E-state index is 13.5. The number of nitrogens with zero attached hydrogens (tertiary/aromatic N) is 1. The molecule has 0 aliphatic carbocycles. The van der Waals surface area contributed by atoms with E-state index < -0.39 is 24.1 Å². The van der Waals surface area contributed by atoms with Gasteiger partial charge in [-0.25, -0.2) is 0 Å². The average Bonchev–Trinajstić information content (AvgIpc) is 3.29. The van der Waals surface area contributed by atoms with Crippen molar-refractivity contribution in [2.45, 2.75) is 96.1 Å². The highest BCUT2D eigenvalue weighted by molar-refractivity contribution is 5.94. The van der Waals surface area contributed by atoms with Crippen LogP contribution in [0.15, 0.2) is 24.3 Å². The van der Waals surface area contributed by atoms with E-state index in [0.29, 0.717) is 12.8 Å². The Hall–Kier alpha value is -3.27. The Morgan fingerprint density at radius 2 is 1.81 bits per heavy atom.